The van der Waals surface area contributed by atoms with Crippen LogP contribution in [0.3, 0.4) is 0 Å². The lowest BCUT2D eigenvalue weighted by atomic mass is 9.53. The summed E-state index contributed by atoms with van der Waals surface area (Å²) in [6.45, 7) is 3.06. The molecule has 1 N–H and O–H groups in total. The molecular weight excluding hydrogens is 424 g/mol. The Labute approximate surface area is 193 Å². The van der Waals surface area contributed by atoms with Gasteiger partial charge >= 0.3 is 0 Å². The minimum absolute atomic E-state index is 0.0541. The summed E-state index contributed by atoms with van der Waals surface area (Å²) in [6.07, 6.45) is 7.65. The van der Waals surface area contributed by atoms with Crippen LogP contribution in [0.5, 0.6) is 11.5 Å². The first-order chi connectivity index (χ1) is 15.6. The van der Waals surface area contributed by atoms with Crippen molar-refractivity contribution in [3.8, 4) is 11.5 Å². The average Bonchev–Trinajstić information content (AvgIpc) is 3.17. The molecule has 4 fully saturated rings. The van der Waals surface area contributed by atoms with Gasteiger partial charge in [0.05, 0.1) is 12.9 Å². The van der Waals surface area contributed by atoms with Gasteiger partial charge in [-0.05, 0) is 75.3 Å². The fourth-order valence-corrected chi connectivity index (χ4v) is 7.28. The highest BCUT2D eigenvalue weighted by molar-refractivity contribution is 7.99. The number of aromatic nitrogens is 3. The lowest BCUT2D eigenvalue weighted by Crippen LogP contribution is -2.60. The highest BCUT2D eigenvalue weighted by Crippen LogP contribution is 2.55. The zero-order valence-corrected chi connectivity index (χ0v) is 19.7. The van der Waals surface area contributed by atoms with E-state index in [9.17, 15) is 4.79 Å². The predicted octanol–water partition coefficient (Wildman–Crippen LogP) is 4.06. The number of hydrogen-bond acceptors (Lipinski definition) is 6. The molecule has 2 aromatic rings. The molecule has 0 spiro atoms. The minimum atomic E-state index is 0.0541. The molecule has 4 aliphatic carbocycles. The smallest absolute Gasteiger partial charge is 0.230 e. The van der Waals surface area contributed by atoms with E-state index in [2.05, 4.69) is 22.4 Å². The predicted molar refractivity (Wildman–Crippen MR) is 123 cm³/mol. The molecule has 4 aliphatic rings. The van der Waals surface area contributed by atoms with E-state index in [1.807, 2.05) is 28.8 Å². The molecule has 1 heterocycles. The lowest BCUT2D eigenvalue weighted by Gasteiger charge is -2.56. The molecule has 1 amide bonds. The first-order valence-corrected chi connectivity index (χ1v) is 12.7. The Hall–Kier alpha value is -2.22. The van der Waals surface area contributed by atoms with Crippen molar-refractivity contribution in [1.82, 2.24) is 20.1 Å². The number of benzene rings is 1. The fraction of sp³-hybridized carbons (Fsp3) is 0.625. The van der Waals surface area contributed by atoms with Gasteiger partial charge in [-0.1, -0.05) is 23.9 Å². The monoisotopic (exact) mass is 456 g/mol. The van der Waals surface area contributed by atoms with E-state index < -0.39 is 0 Å². The zero-order valence-electron chi connectivity index (χ0n) is 18.9. The Kier molecular flexibility index (Phi) is 6.05. The van der Waals surface area contributed by atoms with Crippen LogP contribution in [0.2, 0.25) is 0 Å². The molecule has 6 rings (SSSR count). The van der Waals surface area contributed by atoms with E-state index in [4.69, 9.17) is 9.47 Å². The summed E-state index contributed by atoms with van der Waals surface area (Å²) < 4.78 is 13.3. The molecular formula is C24H32N4O3S. The van der Waals surface area contributed by atoms with Gasteiger partial charge in [0.25, 0.3) is 0 Å². The van der Waals surface area contributed by atoms with Gasteiger partial charge in [0.2, 0.25) is 5.91 Å². The molecule has 0 atom stereocenters. The zero-order chi connectivity index (χ0) is 22.1. The Morgan fingerprint density at radius 2 is 1.78 bits per heavy atom. The van der Waals surface area contributed by atoms with Crippen molar-refractivity contribution < 1.29 is 14.3 Å². The summed E-state index contributed by atoms with van der Waals surface area (Å²) in [4.78, 5) is 12.9. The molecule has 1 aromatic heterocycles. The van der Waals surface area contributed by atoms with Crippen LogP contribution in [-0.4, -0.2) is 39.1 Å². The van der Waals surface area contributed by atoms with Crippen molar-refractivity contribution in [1.29, 1.82) is 0 Å². The van der Waals surface area contributed by atoms with Crippen LogP contribution in [0.15, 0.2) is 29.4 Å². The number of methoxy groups -OCH3 is 1. The van der Waals surface area contributed by atoms with Crippen molar-refractivity contribution in [3.05, 3.63) is 30.1 Å². The van der Waals surface area contributed by atoms with Crippen molar-refractivity contribution in [2.45, 2.75) is 69.3 Å². The van der Waals surface area contributed by atoms with Crippen LogP contribution >= 0.6 is 11.8 Å². The summed E-state index contributed by atoms with van der Waals surface area (Å²) in [5.41, 5.74) is 0.0541. The number of ether oxygens (including phenoxy) is 2. The molecule has 0 saturated heterocycles. The Balaban J connectivity index is 1.18. The number of thioether (sulfide) groups is 1. The molecule has 0 radical (unpaired) electrons. The van der Waals surface area contributed by atoms with Gasteiger partial charge in [-0.3, -0.25) is 4.79 Å². The third-order valence-electron chi connectivity index (χ3n) is 7.31. The van der Waals surface area contributed by atoms with Crippen LogP contribution in [0.4, 0.5) is 0 Å². The number of hydrogen-bond donors (Lipinski definition) is 1. The molecule has 32 heavy (non-hydrogen) atoms. The molecule has 1 aromatic carbocycles. The number of carbonyl (C=O) groups is 1. The third kappa shape index (κ3) is 4.34. The molecule has 4 saturated carbocycles. The van der Waals surface area contributed by atoms with Gasteiger partial charge in [-0.2, -0.15) is 0 Å². The number of para-hydroxylation sites is 2. The maximum atomic E-state index is 12.9. The van der Waals surface area contributed by atoms with Crippen LogP contribution < -0.4 is 14.8 Å². The van der Waals surface area contributed by atoms with Crippen molar-refractivity contribution in [3.63, 3.8) is 0 Å². The van der Waals surface area contributed by atoms with E-state index in [0.29, 0.717) is 23.9 Å². The second-order valence-electron chi connectivity index (χ2n) is 9.62. The average molecular weight is 457 g/mol. The van der Waals surface area contributed by atoms with Gasteiger partial charge in [0.15, 0.2) is 22.5 Å². The second kappa shape index (κ2) is 8.96. The van der Waals surface area contributed by atoms with E-state index in [0.717, 1.165) is 35.3 Å². The highest BCUT2D eigenvalue weighted by Gasteiger charge is 2.51. The van der Waals surface area contributed by atoms with E-state index in [1.54, 1.807) is 7.11 Å². The van der Waals surface area contributed by atoms with Crippen molar-refractivity contribution >= 4 is 17.7 Å². The highest BCUT2D eigenvalue weighted by atomic mass is 32.2. The van der Waals surface area contributed by atoms with Crippen LogP contribution in [0.25, 0.3) is 0 Å². The third-order valence-corrected chi connectivity index (χ3v) is 8.28. The van der Waals surface area contributed by atoms with E-state index in [1.165, 1.54) is 50.3 Å². The number of carbonyl (C=O) groups excluding carboxylic acids is 1. The van der Waals surface area contributed by atoms with Crippen LogP contribution in [0, 0.1) is 17.8 Å². The Bertz CT molecular complexity index is 941. The molecule has 172 valence electrons. The standard InChI is InChI=1S/C24H32N4O3S/c1-3-28-21(14-31-20-7-5-4-6-19(20)30-2)26-27-23(28)32-15-22(29)25-24-11-16-8-17(12-24)10-18(9-16)13-24/h4-7,16-18H,3,8-15H2,1-2H3,(H,25,29). The van der Waals surface area contributed by atoms with Crippen molar-refractivity contribution in [2.24, 2.45) is 17.8 Å². The Morgan fingerprint density at radius 3 is 2.41 bits per heavy atom. The summed E-state index contributed by atoms with van der Waals surface area (Å²) in [5.74, 6) is 5.05. The maximum absolute atomic E-state index is 12.9. The first-order valence-electron chi connectivity index (χ1n) is 11.7. The molecule has 8 heteroatoms. The van der Waals surface area contributed by atoms with Gasteiger partial charge in [0.1, 0.15) is 6.61 Å². The molecule has 7 nitrogen and oxygen atoms in total. The van der Waals surface area contributed by atoms with E-state index in [-0.39, 0.29) is 11.4 Å². The van der Waals surface area contributed by atoms with Gasteiger partial charge in [-0.25, -0.2) is 0 Å². The number of amides is 1. The molecule has 4 bridgehead atoms. The minimum Gasteiger partial charge on any atom is -0.493 e. The fourth-order valence-electron chi connectivity index (χ4n) is 6.46. The topological polar surface area (TPSA) is 78.3 Å². The summed E-state index contributed by atoms with van der Waals surface area (Å²) in [7, 11) is 1.62. The SMILES string of the molecule is CCn1c(COc2ccccc2OC)nnc1SCC(=O)NC12CC3CC(CC(C3)C1)C2. The lowest BCUT2D eigenvalue weighted by molar-refractivity contribution is -0.124. The van der Waals surface area contributed by atoms with Gasteiger partial charge < -0.3 is 19.4 Å². The van der Waals surface area contributed by atoms with E-state index >= 15 is 0 Å². The molecule has 0 aliphatic heterocycles. The molecule has 0 unspecified atom stereocenters. The largest absolute Gasteiger partial charge is 0.493 e. The summed E-state index contributed by atoms with van der Waals surface area (Å²) >= 11 is 1.46. The van der Waals surface area contributed by atoms with Crippen molar-refractivity contribution in [2.75, 3.05) is 12.9 Å². The summed E-state index contributed by atoms with van der Waals surface area (Å²) in [5, 5.41) is 12.8. The number of nitrogens with zero attached hydrogens (tertiary/aromatic N) is 3. The van der Waals surface area contributed by atoms with Gasteiger partial charge in [-0.15, -0.1) is 10.2 Å². The van der Waals surface area contributed by atoms with Gasteiger partial charge in [0, 0.05) is 12.1 Å². The normalized spacial score (nSPS) is 28.0. The Morgan fingerprint density at radius 1 is 1.12 bits per heavy atom. The number of rotatable bonds is 9. The second-order valence-corrected chi connectivity index (χ2v) is 10.6. The number of nitrogens with one attached hydrogen (secondary N) is 1. The van der Waals surface area contributed by atoms with Crippen LogP contribution in [0.1, 0.15) is 51.3 Å². The maximum Gasteiger partial charge on any atom is 0.230 e. The first kappa shape index (κ1) is 21.6. The summed E-state index contributed by atoms with van der Waals surface area (Å²) in [6, 6.07) is 7.55. The quantitative estimate of drug-likeness (QED) is 0.573. The van der Waals surface area contributed by atoms with Crippen LogP contribution in [-0.2, 0) is 17.9 Å².